The SMILES string of the molecule is CCNC(=NCc1nc(C)c(C)s1)N1CCN(Cc2ccon2)CC1.I. The number of nitrogens with zero attached hydrogens (tertiary/aromatic N) is 5. The van der Waals surface area contributed by atoms with Crippen LogP contribution in [-0.2, 0) is 13.1 Å². The number of thiazole rings is 1. The van der Waals surface area contributed by atoms with Gasteiger partial charge >= 0.3 is 0 Å². The maximum absolute atomic E-state index is 4.91. The summed E-state index contributed by atoms with van der Waals surface area (Å²) in [6.45, 7) is 12.5. The van der Waals surface area contributed by atoms with Crippen LogP contribution in [0, 0.1) is 13.8 Å². The fourth-order valence-electron chi connectivity index (χ4n) is 2.84. The van der Waals surface area contributed by atoms with Crippen molar-refractivity contribution < 1.29 is 4.52 Å². The molecule has 3 rings (SSSR count). The zero-order valence-electron chi connectivity index (χ0n) is 15.6. The molecule has 0 radical (unpaired) electrons. The maximum atomic E-state index is 4.91. The summed E-state index contributed by atoms with van der Waals surface area (Å²) in [6.07, 6.45) is 1.63. The van der Waals surface area contributed by atoms with Gasteiger partial charge in [0.1, 0.15) is 11.3 Å². The molecule has 1 aliphatic heterocycles. The number of halogens is 1. The number of aryl methyl sites for hydroxylation is 2. The van der Waals surface area contributed by atoms with Crippen molar-refractivity contribution in [2.75, 3.05) is 32.7 Å². The Morgan fingerprint density at radius 3 is 2.65 bits per heavy atom. The molecule has 144 valence electrons. The molecule has 2 aromatic heterocycles. The van der Waals surface area contributed by atoms with E-state index in [0.717, 1.165) is 61.6 Å². The molecular formula is C17H27IN6OS. The molecule has 0 amide bonds. The number of piperazine rings is 1. The van der Waals surface area contributed by atoms with E-state index in [4.69, 9.17) is 9.52 Å². The number of aliphatic imine (C=N–C) groups is 1. The summed E-state index contributed by atoms with van der Waals surface area (Å²) >= 11 is 1.74. The van der Waals surface area contributed by atoms with Gasteiger partial charge in [-0.2, -0.15) is 0 Å². The summed E-state index contributed by atoms with van der Waals surface area (Å²) < 4.78 is 4.91. The molecule has 1 fully saturated rings. The van der Waals surface area contributed by atoms with Gasteiger partial charge in [-0.3, -0.25) is 4.90 Å². The molecule has 2 aromatic rings. The Bertz CT molecular complexity index is 675. The lowest BCUT2D eigenvalue weighted by Crippen LogP contribution is -2.52. The monoisotopic (exact) mass is 490 g/mol. The summed E-state index contributed by atoms with van der Waals surface area (Å²) in [7, 11) is 0. The molecule has 0 unspecified atom stereocenters. The molecule has 26 heavy (non-hydrogen) atoms. The quantitative estimate of drug-likeness (QED) is 0.395. The van der Waals surface area contributed by atoms with Gasteiger partial charge in [-0.25, -0.2) is 9.98 Å². The second kappa shape index (κ2) is 10.2. The van der Waals surface area contributed by atoms with Crippen LogP contribution in [0.3, 0.4) is 0 Å². The average molecular weight is 490 g/mol. The first-order chi connectivity index (χ1) is 12.2. The summed E-state index contributed by atoms with van der Waals surface area (Å²) in [5.74, 6) is 0.981. The van der Waals surface area contributed by atoms with E-state index < -0.39 is 0 Å². The van der Waals surface area contributed by atoms with Gasteiger partial charge in [-0.05, 0) is 20.8 Å². The van der Waals surface area contributed by atoms with Gasteiger partial charge < -0.3 is 14.7 Å². The van der Waals surface area contributed by atoms with E-state index in [0.29, 0.717) is 6.54 Å². The largest absolute Gasteiger partial charge is 0.364 e. The number of aromatic nitrogens is 2. The van der Waals surface area contributed by atoms with Crippen LogP contribution >= 0.6 is 35.3 Å². The van der Waals surface area contributed by atoms with Crippen molar-refractivity contribution in [1.82, 2.24) is 25.3 Å². The van der Waals surface area contributed by atoms with Crippen molar-refractivity contribution >= 4 is 41.3 Å². The minimum absolute atomic E-state index is 0. The molecule has 0 saturated carbocycles. The topological polar surface area (TPSA) is 69.8 Å². The Labute approximate surface area is 175 Å². The minimum atomic E-state index is 0. The van der Waals surface area contributed by atoms with Crippen LogP contribution in [0.2, 0.25) is 0 Å². The maximum Gasteiger partial charge on any atom is 0.194 e. The van der Waals surface area contributed by atoms with Crippen molar-refractivity contribution in [2.24, 2.45) is 4.99 Å². The minimum Gasteiger partial charge on any atom is -0.364 e. The van der Waals surface area contributed by atoms with Gasteiger partial charge in [0.05, 0.1) is 17.9 Å². The highest BCUT2D eigenvalue weighted by Gasteiger charge is 2.20. The highest BCUT2D eigenvalue weighted by Crippen LogP contribution is 2.17. The van der Waals surface area contributed by atoms with E-state index >= 15 is 0 Å². The predicted molar refractivity (Wildman–Crippen MR) is 115 cm³/mol. The van der Waals surface area contributed by atoms with Crippen LogP contribution in [0.15, 0.2) is 21.8 Å². The highest BCUT2D eigenvalue weighted by atomic mass is 127. The van der Waals surface area contributed by atoms with Gasteiger partial charge in [0.15, 0.2) is 5.96 Å². The molecule has 7 nitrogen and oxygen atoms in total. The number of nitrogens with one attached hydrogen (secondary N) is 1. The van der Waals surface area contributed by atoms with Gasteiger partial charge in [0.25, 0.3) is 0 Å². The van der Waals surface area contributed by atoms with Crippen molar-refractivity contribution in [3.05, 3.63) is 33.6 Å². The van der Waals surface area contributed by atoms with E-state index in [-0.39, 0.29) is 24.0 Å². The molecule has 1 N–H and O–H groups in total. The first kappa shape index (κ1) is 21.1. The standard InChI is InChI=1S/C17H26N6OS.HI/c1-4-18-17(19-11-16-20-13(2)14(3)25-16)23-8-6-22(7-9-23)12-15-5-10-24-21-15;/h5,10H,4,6-9,11-12H2,1-3H3,(H,18,19);1H. The average Bonchev–Trinajstić information content (AvgIpc) is 3.22. The lowest BCUT2D eigenvalue weighted by Gasteiger charge is -2.36. The zero-order chi connectivity index (χ0) is 17.6. The van der Waals surface area contributed by atoms with Crippen molar-refractivity contribution in [3.63, 3.8) is 0 Å². The number of guanidine groups is 1. The number of hydrogen-bond donors (Lipinski definition) is 1. The second-order valence-corrected chi connectivity index (χ2v) is 7.46. The summed E-state index contributed by atoms with van der Waals surface area (Å²) in [5.41, 5.74) is 2.10. The van der Waals surface area contributed by atoms with Crippen LogP contribution in [-0.4, -0.2) is 58.6 Å². The molecular weight excluding hydrogens is 463 g/mol. The fraction of sp³-hybridized carbons (Fsp3) is 0.588. The van der Waals surface area contributed by atoms with Crippen LogP contribution in [0.1, 0.15) is 28.2 Å². The first-order valence-electron chi connectivity index (χ1n) is 8.73. The Morgan fingerprint density at radius 2 is 2.08 bits per heavy atom. The smallest absolute Gasteiger partial charge is 0.194 e. The third-order valence-corrected chi connectivity index (χ3v) is 5.38. The molecule has 3 heterocycles. The summed E-state index contributed by atoms with van der Waals surface area (Å²) in [4.78, 5) is 15.4. The Hall–Kier alpha value is -1.20. The number of hydrogen-bond acceptors (Lipinski definition) is 6. The Kier molecular flexibility index (Phi) is 8.29. The summed E-state index contributed by atoms with van der Waals surface area (Å²) in [6, 6.07) is 1.93. The lowest BCUT2D eigenvalue weighted by atomic mass is 10.3. The Morgan fingerprint density at radius 1 is 1.31 bits per heavy atom. The van der Waals surface area contributed by atoms with Crippen LogP contribution < -0.4 is 5.32 Å². The zero-order valence-corrected chi connectivity index (χ0v) is 18.7. The van der Waals surface area contributed by atoms with E-state index in [1.807, 2.05) is 6.07 Å². The molecule has 9 heteroatoms. The third kappa shape index (κ3) is 5.65. The fourth-order valence-corrected chi connectivity index (χ4v) is 3.70. The van der Waals surface area contributed by atoms with E-state index in [1.165, 1.54) is 4.88 Å². The molecule has 1 saturated heterocycles. The third-order valence-electron chi connectivity index (χ3n) is 4.32. The second-order valence-electron chi connectivity index (χ2n) is 6.17. The molecule has 0 bridgehead atoms. The Balaban J connectivity index is 0.00000243. The first-order valence-corrected chi connectivity index (χ1v) is 9.55. The van der Waals surface area contributed by atoms with E-state index in [1.54, 1.807) is 17.6 Å². The predicted octanol–water partition coefficient (Wildman–Crippen LogP) is 2.65. The molecule has 1 aliphatic rings. The van der Waals surface area contributed by atoms with E-state index in [9.17, 15) is 0 Å². The molecule has 0 spiro atoms. The molecule has 0 aliphatic carbocycles. The normalized spacial score (nSPS) is 15.8. The highest BCUT2D eigenvalue weighted by molar-refractivity contribution is 14.0. The van der Waals surface area contributed by atoms with Crippen LogP contribution in [0.5, 0.6) is 0 Å². The van der Waals surface area contributed by atoms with Gasteiger partial charge in [-0.1, -0.05) is 5.16 Å². The molecule has 0 aromatic carbocycles. The van der Waals surface area contributed by atoms with Crippen LogP contribution in [0.4, 0.5) is 0 Å². The van der Waals surface area contributed by atoms with Crippen LogP contribution in [0.25, 0.3) is 0 Å². The van der Waals surface area contributed by atoms with Gasteiger partial charge in [-0.15, -0.1) is 35.3 Å². The van der Waals surface area contributed by atoms with Crippen molar-refractivity contribution in [2.45, 2.75) is 33.9 Å². The lowest BCUT2D eigenvalue weighted by molar-refractivity contribution is 0.169. The van der Waals surface area contributed by atoms with E-state index in [2.05, 4.69) is 46.0 Å². The molecule has 0 atom stereocenters. The van der Waals surface area contributed by atoms with Gasteiger partial charge in [0.2, 0.25) is 0 Å². The summed E-state index contributed by atoms with van der Waals surface area (Å²) in [5, 5.41) is 8.48. The number of rotatable bonds is 5. The van der Waals surface area contributed by atoms with Crippen molar-refractivity contribution in [1.29, 1.82) is 0 Å². The van der Waals surface area contributed by atoms with Gasteiger partial charge in [0, 0.05) is 50.2 Å². The van der Waals surface area contributed by atoms with Crippen molar-refractivity contribution in [3.8, 4) is 0 Å².